The van der Waals surface area contributed by atoms with E-state index in [1.807, 2.05) is 0 Å². The molecule has 1 amide bonds. The summed E-state index contributed by atoms with van der Waals surface area (Å²) < 4.78 is 0. The number of hydrogen-bond donors (Lipinski definition) is 1. The smallest absolute Gasteiger partial charge is 0.223 e. The molecule has 0 saturated carbocycles. The molecular weight excluding hydrogens is 138 g/mol. The summed E-state index contributed by atoms with van der Waals surface area (Å²) in [5.74, 6) is 0.0836. The topological polar surface area (TPSA) is 29.1 Å². The molecule has 0 aliphatic heterocycles. The van der Waals surface area contributed by atoms with Crippen molar-refractivity contribution in [3.8, 4) is 0 Å². The highest BCUT2D eigenvalue weighted by Crippen LogP contribution is 1.91. The van der Waals surface area contributed by atoms with Crippen molar-refractivity contribution in [3.63, 3.8) is 0 Å². The molecule has 2 nitrogen and oxygen atoms in total. The second kappa shape index (κ2) is 7.58. The van der Waals surface area contributed by atoms with Crippen LogP contribution < -0.4 is 5.32 Å². The van der Waals surface area contributed by atoms with Crippen LogP contribution in [-0.4, -0.2) is 12.5 Å². The normalized spacial score (nSPS) is 9.64. The van der Waals surface area contributed by atoms with Gasteiger partial charge in [0.1, 0.15) is 0 Å². The van der Waals surface area contributed by atoms with E-state index in [1.54, 1.807) is 6.42 Å². The molecule has 65 valence electrons. The third-order valence-electron chi connectivity index (χ3n) is 1.45. The van der Waals surface area contributed by atoms with Gasteiger partial charge in [0.25, 0.3) is 0 Å². The Balaban J connectivity index is 3.09. The average Bonchev–Trinajstić information content (AvgIpc) is 2.01. The van der Waals surface area contributed by atoms with Gasteiger partial charge in [0.05, 0.1) is 0 Å². The number of hydrogen-bond acceptors (Lipinski definition) is 1. The highest BCUT2D eigenvalue weighted by atomic mass is 16.1. The van der Waals surface area contributed by atoms with Gasteiger partial charge in [-0.15, -0.1) is 0 Å². The maximum Gasteiger partial charge on any atom is 0.223 e. The van der Waals surface area contributed by atoms with Crippen molar-refractivity contribution in [2.24, 2.45) is 0 Å². The first-order valence-electron chi connectivity index (χ1n) is 4.42. The van der Waals surface area contributed by atoms with Crippen LogP contribution in [0.15, 0.2) is 0 Å². The monoisotopic (exact) mass is 156 g/mol. The van der Waals surface area contributed by atoms with Crippen LogP contribution in [-0.2, 0) is 4.79 Å². The molecule has 0 aliphatic carbocycles. The van der Waals surface area contributed by atoms with Crippen LogP contribution in [0.4, 0.5) is 0 Å². The third kappa shape index (κ3) is 7.37. The summed E-state index contributed by atoms with van der Waals surface area (Å²) in [6.45, 7) is 4.99. The number of carbonyl (C=O) groups is 1. The first-order valence-corrected chi connectivity index (χ1v) is 4.42. The SMILES string of the molecule is CCC[CH]C(=O)NCCCC. The molecular formula is C9H18NO. The summed E-state index contributed by atoms with van der Waals surface area (Å²) in [5.41, 5.74) is 0. The molecule has 0 unspecified atom stereocenters. The number of amides is 1. The quantitative estimate of drug-likeness (QED) is 0.585. The molecule has 0 spiro atoms. The number of nitrogens with one attached hydrogen (secondary N) is 1. The molecule has 0 fully saturated rings. The Labute approximate surface area is 69.4 Å². The Kier molecular flexibility index (Phi) is 7.21. The van der Waals surface area contributed by atoms with Gasteiger partial charge in [-0.2, -0.15) is 0 Å². The summed E-state index contributed by atoms with van der Waals surface area (Å²) in [5, 5.41) is 2.82. The zero-order valence-corrected chi connectivity index (χ0v) is 7.52. The molecule has 0 heterocycles. The van der Waals surface area contributed by atoms with E-state index in [-0.39, 0.29) is 5.91 Å². The maximum atomic E-state index is 10.9. The van der Waals surface area contributed by atoms with Gasteiger partial charge in [-0.3, -0.25) is 4.79 Å². The Hall–Kier alpha value is -0.530. The van der Waals surface area contributed by atoms with E-state index in [1.165, 1.54) is 0 Å². The second-order valence-corrected chi connectivity index (χ2v) is 2.64. The number of carbonyl (C=O) groups excluding carboxylic acids is 1. The number of rotatable bonds is 6. The van der Waals surface area contributed by atoms with Crippen molar-refractivity contribution in [2.75, 3.05) is 6.54 Å². The van der Waals surface area contributed by atoms with E-state index in [0.29, 0.717) is 0 Å². The summed E-state index contributed by atoms with van der Waals surface area (Å²) in [6, 6.07) is 0. The van der Waals surface area contributed by atoms with Gasteiger partial charge in [-0.25, -0.2) is 0 Å². The van der Waals surface area contributed by atoms with Crippen molar-refractivity contribution in [1.29, 1.82) is 0 Å². The molecule has 1 radical (unpaired) electrons. The van der Waals surface area contributed by atoms with Crippen molar-refractivity contribution >= 4 is 5.91 Å². The van der Waals surface area contributed by atoms with Crippen molar-refractivity contribution in [1.82, 2.24) is 5.32 Å². The summed E-state index contributed by atoms with van der Waals surface area (Å²) in [7, 11) is 0. The molecule has 2 heteroatoms. The van der Waals surface area contributed by atoms with Crippen molar-refractivity contribution in [3.05, 3.63) is 6.42 Å². The van der Waals surface area contributed by atoms with Gasteiger partial charge in [-0.05, 0) is 12.8 Å². The van der Waals surface area contributed by atoms with E-state index in [2.05, 4.69) is 19.2 Å². The highest BCUT2D eigenvalue weighted by Gasteiger charge is 1.97. The fourth-order valence-corrected chi connectivity index (χ4v) is 0.736. The molecule has 0 aliphatic rings. The zero-order chi connectivity index (χ0) is 8.53. The van der Waals surface area contributed by atoms with E-state index < -0.39 is 0 Å². The average molecular weight is 156 g/mol. The van der Waals surface area contributed by atoms with Crippen LogP contribution in [0.1, 0.15) is 39.5 Å². The van der Waals surface area contributed by atoms with Crippen LogP contribution >= 0.6 is 0 Å². The summed E-state index contributed by atoms with van der Waals surface area (Å²) >= 11 is 0. The van der Waals surface area contributed by atoms with Gasteiger partial charge in [-0.1, -0.05) is 26.7 Å². The molecule has 0 aromatic rings. The lowest BCUT2D eigenvalue weighted by atomic mass is 10.2. The Morgan fingerprint density at radius 1 is 1.36 bits per heavy atom. The van der Waals surface area contributed by atoms with Crippen molar-refractivity contribution < 1.29 is 4.79 Å². The van der Waals surface area contributed by atoms with Crippen LogP contribution in [0.3, 0.4) is 0 Å². The minimum atomic E-state index is 0.0836. The van der Waals surface area contributed by atoms with Crippen molar-refractivity contribution in [2.45, 2.75) is 39.5 Å². The van der Waals surface area contributed by atoms with Crippen LogP contribution in [0.2, 0.25) is 0 Å². The number of unbranched alkanes of at least 4 members (excludes halogenated alkanes) is 2. The minimum absolute atomic E-state index is 0.0836. The van der Waals surface area contributed by atoms with Crippen LogP contribution in [0.5, 0.6) is 0 Å². The lowest BCUT2D eigenvalue weighted by Gasteiger charge is -2.01. The molecule has 11 heavy (non-hydrogen) atoms. The second-order valence-electron chi connectivity index (χ2n) is 2.64. The molecule has 0 atom stereocenters. The predicted octanol–water partition coefficient (Wildman–Crippen LogP) is 1.91. The standard InChI is InChI=1S/C9H18NO/c1-3-5-7-9(11)10-8-6-4-2/h7H,3-6,8H2,1-2H3,(H,10,11). The van der Waals surface area contributed by atoms with Crippen LogP contribution in [0.25, 0.3) is 0 Å². The largest absolute Gasteiger partial charge is 0.356 e. The van der Waals surface area contributed by atoms with Gasteiger partial charge in [0.2, 0.25) is 5.91 Å². The zero-order valence-electron chi connectivity index (χ0n) is 7.52. The van der Waals surface area contributed by atoms with Crippen LogP contribution in [0, 0.1) is 6.42 Å². The molecule has 0 bridgehead atoms. The lowest BCUT2D eigenvalue weighted by molar-refractivity contribution is -0.118. The van der Waals surface area contributed by atoms with E-state index >= 15 is 0 Å². The summed E-state index contributed by atoms with van der Waals surface area (Å²) in [6.07, 6.45) is 5.86. The third-order valence-corrected chi connectivity index (χ3v) is 1.45. The highest BCUT2D eigenvalue weighted by molar-refractivity contribution is 5.84. The molecule has 1 N–H and O–H groups in total. The fourth-order valence-electron chi connectivity index (χ4n) is 0.736. The summed E-state index contributed by atoms with van der Waals surface area (Å²) in [4.78, 5) is 10.9. The fraction of sp³-hybridized carbons (Fsp3) is 0.778. The Morgan fingerprint density at radius 2 is 2.09 bits per heavy atom. The molecule has 0 rings (SSSR count). The van der Waals surface area contributed by atoms with Gasteiger partial charge in [0, 0.05) is 13.0 Å². The molecule has 0 aromatic heterocycles. The van der Waals surface area contributed by atoms with Gasteiger partial charge >= 0.3 is 0 Å². The first kappa shape index (κ1) is 10.5. The van der Waals surface area contributed by atoms with E-state index in [4.69, 9.17) is 0 Å². The minimum Gasteiger partial charge on any atom is -0.356 e. The first-order chi connectivity index (χ1) is 5.31. The Morgan fingerprint density at radius 3 is 2.64 bits per heavy atom. The Bertz CT molecular complexity index is 102. The van der Waals surface area contributed by atoms with E-state index in [9.17, 15) is 4.79 Å². The van der Waals surface area contributed by atoms with Gasteiger partial charge < -0.3 is 5.32 Å². The lowest BCUT2D eigenvalue weighted by Crippen LogP contribution is -2.24. The molecule has 0 aromatic carbocycles. The van der Waals surface area contributed by atoms with Gasteiger partial charge in [0.15, 0.2) is 0 Å². The molecule has 0 saturated heterocycles. The maximum absolute atomic E-state index is 10.9. The predicted molar refractivity (Wildman–Crippen MR) is 47.1 cm³/mol. The van der Waals surface area contributed by atoms with E-state index in [0.717, 1.165) is 32.2 Å².